The lowest BCUT2D eigenvalue weighted by Crippen LogP contribution is -2.18. The first-order valence-corrected chi connectivity index (χ1v) is 13.8. The van der Waals surface area contributed by atoms with Gasteiger partial charge in [0, 0.05) is 26.5 Å². The van der Waals surface area contributed by atoms with Crippen molar-refractivity contribution in [1.82, 2.24) is 19.5 Å². The molecule has 1 amide bonds. The molecule has 0 radical (unpaired) electrons. The van der Waals surface area contributed by atoms with Crippen LogP contribution in [0.15, 0.2) is 6.33 Å². The third-order valence-electron chi connectivity index (χ3n) is 6.22. The smallest absolute Gasteiger partial charge is 0.305 e. The van der Waals surface area contributed by atoms with Crippen molar-refractivity contribution in [2.45, 2.75) is 103 Å². The van der Waals surface area contributed by atoms with Gasteiger partial charge in [-0.25, -0.2) is 4.98 Å². The fourth-order valence-electron chi connectivity index (χ4n) is 4.00. The van der Waals surface area contributed by atoms with Gasteiger partial charge in [-0.15, -0.1) is 0 Å². The fraction of sp³-hybridized carbons (Fsp3) is 0.731. The van der Waals surface area contributed by atoms with Crippen LogP contribution in [0.3, 0.4) is 0 Å². The molecule has 2 rings (SSSR count). The van der Waals surface area contributed by atoms with Crippen molar-refractivity contribution >= 4 is 40.5 Å². The zero-order valence-corrected chi connectivity index (χ0v) is 23.0. The standard InChI is InChI=1S/C26H42ClN5O5/c1-3-4-5-6-7-8-9-10-11-14-22(35)37-17-12-13-21(34)29-24-23-25(31-26(27)30-24)32(19-28-23)16-15-20(18-33)36-2/h19-20,33H,3-18H2,1-2H3,(H,29,30,31,34). The largest absolute Gasteiger partial charge is 0.466 e. The summed E-state index contributed by atoms with van der Waals surface area (Å²) in [6, 6.07) is 0. The molecule has 208 valence electrons. The molecule has 0 aromatic carbocycles. The molecule has 0 aliphatic rings. The molecule has 2 aromatic rings. The van der Waals surface area contributed by atoms with Crippen LogP contribution < -0.4 is 5.32 Å². The molecule has 0 bridgehead atoms. The second-order valence-electron chi connectivity index (χ2n) is 9.23. The lowest BCUT2D eigenvalue weighted by molar-refractivity contribution is -0.144. The van der Waals surface area contributed by atoms with E-state index in [-0.39, 0.29) is 48.7 Å². The van der Waals surface area contributed by atoms with Crippen LogP contribution in [0.4, 0.5) is 5.82 Å². The van der Waals surface area contributed by atoms with Crippen LogP contribution in [0, 0.1) is 0 Å². The number of amides is 1. The van der Waals surface area contributed by atoms with Gasteiger partial charge < -0.3 is 24.5 Å². The second-order valence-corrected chi connectivity index (χ2v) is 9.57. The number of aliphatic hydroxyl groups excluding tert-OH is 1. The first-order valence-electron chi connectivity index (χ1n) is 13.5. The van der Waals surface area contributed by atoms with Crippen LogP contribution in [0.2, 0.25) is 5.28 Å². The number of carbonyl (C=O) groups is 2. The summed E-state index contributed by atoms with van der Waals surface area (Å²) in [5.74, 6) is -0.262. The van der Waals surface area contributed by atoms with Crippen molar-refractivity contribution < 1.29 is 24.2 Å². The van der Waals surface area contributed by atoms with E-state index in [0.717, 1.165) is 19.3 Å². The summed E-state index contributed by atoms with van der Waals surface area (Å²) in [6.45, 7) is 2.83. The Hall–Kier alpha value is -2.30. The Labute approximate surface area is 224 Å². The van der Waals surface area contributed by atoms with Gasteiger partial charge in [0.1, 0.15) is 0 Å². The number of aryl methyl sites for hydroxylation is 1. The zero-order chi connectivity index (χ0) is 26.9. The Balaban J connectivity index is 1.67. The number of nitrogens with zero attached hydrogens (tertiary/aromatic N) is 4. The first kappa shape index (κ1) is 30.9. The summed E-state index contributed by atoms with van der Waals surface area (Å²) in [7, 11) is 1.54. The second kappa shape index (κ2) is 18.0. The number of carbonyl (C=O) groups excluding carboxylic acids is 2. The lowest BCUT2D eigenvalue weighted by atomic mass is 10.1. The normalized spacial score (nSPS) is 12.1. The minimum Gasteiger partial charge on any atom is -0.466 e. The van der Waals surface area contributed by atoms with E-state index < -0.39 is 0 Å². The molecule has 2 heterocycles. The zero-order valence-electron chi connectivity index (χ0n) is 22.2. The molecular formula is C26H42ClN5O5. The van der Waals surface area contributed by atoms with Gasteiger partial charge in [0.2, 0.25) is 11.2 Å². The monoisotopic (exact) mass is 539 g/mol. The molecular weight excluding hydrogens is 498 g/mol. The van der Waals surface area contributed by atoms with Gasteiger partial charge in [0.15, 0.2) is 17.0 Å². The van der Waals surface area contributed by atoms with Crippen LogP contribution in [0.5, 0.6) is 0 Å². The molecule has 1 atom stereocenters. The topological polar surface area (TPSA) is 128 Å². The average molecular weight is 540 g/mol. The van der Waals surface area contributed by atoms with Crippen LogP contribution in [-0.4, -0.2) is 62.9 Å². The Bertz CT molecular complexity index is 951. The number of esters is 1. The van der Waals surface area contributed by atoms with Crippen LogP contribution in [-0.2, 0) is 25.6 Å². The number of fused-ring (bicyclic) bond motifs is 1. The summed E-state index contributed by atoms with van der Waals surface area (Å²) in [6.07, 6.45) is 13.6. The Morgan fingerprint density at radius 3 is 2.43 bits per heavy atom. The number of hydrogen-bond acceptors (Lipinski definition) is 8. The maximum atomic E-state index is 12.4. The number of anilines is 1. The summed E-state index contributed by atoms with van der Waals surface area (Å²) >= 11 is 6.07. The van der Waals surface area contributed by atoms with Gasteiger partial charge >= 0.3 is 5.97 Å². The first-order chi connectivity index (χ1) is 18.0. The number of imidazole rings is 1. The predicted octanol–water partition coefficient (Wildman–Crippen LogP) is 5.06. The number of rotatable bonds is 20. The maximum absolute atomic E-state index is 12.4. The van der Waals surface area contributed by atoms with E-state index in [1.165, 1.54) is 38.5 Å². The Kier molecular flexibility index (Phi) is 15.1. The third kappa shape index (κ3) is 11.7. The molecule has 11 heteroatoms. The van der Waals surface area contributed by atoms with E-state index in [0.29, 0.717) is 37.0 Å². The highest BCUT2D eigenvalue weighted by Crippen LogP contribution is 2.22. The Morgan fingerprint density at radius 2 is 1.76 bits per heavy atom. The molecule has 1 unspecified atom stereocenters. The molecule has 0 spiro atoms. The van der Waals surface area contributed by atoms with Crippen molar-refractivity contribution in [3.8, 4) is 0 Å². The molecule has 0 saturated carbocycles. The average Bonchev–Trinajstić information content (AvgIpc) is 3.29. The van der Waals surface area contributed by atoms with E-state index >= 15 is 0 Å². The quantitative estimate of drug-likeness (QED) is 0.136. The summed E-state index contributed by atoms with van der Waals surface area (Å²) in [5, 5.41) is 12.0. The van der Waals surface area contributed by atoms with Crippen LogP contribution >= 0.6 is 11.6 Å². The number of nitrogens with one attached hydrogen (secondary N) is 1. The number of halogens is 1. The molecule has 0 aliphatic heterocycles. The molecule has 0 fully saturated rings. The van der Waals surface area contributed by atoms with E-state index in [4.69, 9.17) is 21.1 Å². The van der Waals surface area contributed by atoms with Gasteiger partial charge in [-0.3, -0.25) is 9.59 Å². The van der Waals surface area contributed by atoms with Crippen molar-refractivity contribution in [2.24, 2.45) is 0 Å². The minimum atomic E-state index is -0.298. The minimum absolute atomic E-state index is 0.0135. The van der Waals surface area contributed by atoms with Crippen molar-refractivity contribution in [2.75, 3.05) is 25.6 Å². The molecule has 0 saturated heterocycles. The van der Waals surface area contributed by atoms with Gasteiger partial charge in [-0.1, -0.05) is 58.3 Å². The lowest BCUT2D eigenvalue weighted by Gasteiger charge is -2.12. The van der Waals surface area contributed by atoms with Crippen molar-refractivity contribution in [1.29, 1.82) is 0 Å². The number of aliphatic hydroxyl groups is 1. The van der Waals surface area contributed by atoms with Gasteiger partial charge in [0.25, 0.3) is 0 Å². The van der Waals surface area contributed by atoms with Crippen molar-refractivity contribution in [3.05, 3.63) is 11.6 Å². The molecule has 2 aromatic heterocycles. The Morgan fingerprint density at radius 1 is 1.05 bits per heavy atom. The van der Waals surface area contributed by atoms with E-state index in [9.17, 15) is 14.7 Å². The molecule has 10 nitrogen and oxygen atoms in total. The summed E-state index contributed by atoms with van der Waals surface area (Å²) in [5.41, 5.74) is 0.900. The number of aromatic nitrogens is 4. The number of hydrogen-bond donors (Lipinski definition) is 2. The molecule has 37 heavy (non-hydrogen) atoms. The van der Waals surface area contributed by atoms with Gasteiger partial charge in [-0.2, -0.15) is 9.97 Å². The fourth-order valence-corrected chi connectivity index (χ4v) is 4.17. The van der Waals surface area contributed by atoms with Crippen molar-refractivity contribution in [3.63, 3.8) is 0 Å². The van der Waals surface area contributed by atoms with E-state index in [2.05, 4.69) is 27.2 Å². The van der Waals surface area contributed by atoms with E-state index in [1.54, 1.807) is 18.0 Å². The van der Waals surface area contributed by atoms with Gasteiger partial charge in [0.05, 0.1) is 25.6 Å². The highest BCUT2D eigenvalue weighted by Gasteiger charge is 2.16. The number of methoxy groups -OCH3 is 1. The van der Waals surface area contributed by atoms with Gasteiger partial charge in [-0.05, 0) is 30.9 Å². The predicted molar refractivity (Wildman–Crippen MR) is 143 cm³/mol. The highest BCUT2D eigenvalue weighted by atomic mass is 35.5. The van der Waals surface area contributed by atoms with Crippen LogP contribution in [0.1, 0.15) is 90.4 Å². The number of ether oxygens (including phenoxy) is 2. The third-order valence-corrected chi connectivity index (χ3v) is 6.39. The van der Waals surface area contributed by atoms with E-state index in [1.807, 2.05) is 0 Å². The number of unbranched alkanes of at least 4 members (excludes halogenated alkanes) is 8. The summed E-state index contributed by atoms with van der Waals surface area (Å²) in [4.78, 5) is 37.0. The highest BCUT2D eigenvalue weighted by molar-refractivity contribution is 6.28. The molecule has 2 N–H and O–H groups in total. The maximum Gasteiger partial charge on any atom is 0.305 e. The van der Waals surface area contributed by atoms with Crippen LogP contribution in [0.25, 0.3) is 11.2 Å². The SMILES string of the molecule is CCCCCCCCCCCC(=O)OCCCC(=O)Nc1nc(Cl)nc2c1ncn2CCC(CO)OC. The summed E-state index contributed by atoms with van der Waals surface area (Å²) < 4.78 is 12.2. The molecule has 0 aliphatic carbocycles.